The Kier molecular flexibility index (Phi) is 11.1. The van der Waals surface area contributed by atoms with Crippen molar-refractivity contribution in [1.82, 2.24) is 15.2 Å². The van der Waals surface area contributed by atoms with E-state index in [2.05, 4.69) is 10.3 Å². The molecule has 12 nitrogen and oxygen atoms in total. The molecule has 0 radical (unpaired) electrons. The number of para-hydroxylation sites is 1. The highest BCUT2D eigenvalue weighted by atomic mass is 16.6. The van der Waals surface area contributed by atoms with Gasteiger partial charge in [0, 0.05) is 5.39 Å². The third kappa shape index (κ3) is 8.23. The summed E-state index contributed by atoms with van der Waals surface area (Å²) in [7, 11) is 0. The van der Waals surface area contributed by atoms with Gasteiger partial charge in [-0.05, 0) is 29.2 Å². The van der Waals surface area contributed by atoms with Crippen molar-refractivity contribution < 1.29 is 43.3 Å². The van der Waals surface area contributed by atoms with Gasteiger partial charge in [0.25, 0.3) is 5.91 Å². The largest absolute Gasteiger partial charge is 0.481 e. The predicted molar refractivity (Wildman–Crippen MR) is 169 cm³/mol. The van der Waals surface area contributed by atoms with Crippen LogP contribution in [0.5, 0.6) is 0 Å². The molecule has 1 aromatic heterocycles. The summed E-state index contributed by atoms with van der Waals surface area (Å²) in [5.41, 5.74) is -1.80. The second-order valence-corrected chi connectivity index (χ2v) is 11.0. The molecule has 0 saturated heterocycles. The number of aldehydes is 1. The zero-order valence-corrected chi connectivity index (χ0v) is 25.7. The van der Waals surface area contributed by atoms with E-state index >= 15 is 0 Å². The van der Waals surface area contributed by atoms with E-state index in [1.54, 1.807) is 98.8 Å². The first-order chi connectivity index (χ1) is 22.6. The van der Waals surface area contributed by atoms with E-state index in [9.17, 15) is 33.9 Å². The van der Waals surface area contributed by atoms with Crippen molar-refractivity contribution in [3.05, 3.63) is 114 Å². The van der Waals surface area contributed by atoms with Crippen LogP contribution in [0.3, 0.4) is 0 Å². The number of hydrogen-bond donors (Lipinski definition) is 2. The number of pyridine rings is 1. The Morgan fingerprint density at radius 2 is 1.40 bits per heavy atom. The van der Waals surface area contributed by atoms with Crippen LogP contribution in [-0.4, -0.2) is 62.7 Å². The Morgan fingerprint density at radius 1 is 0.830 bits per heavy atom. The number of alkyl carbamates (subject to hydrolysis) is 1. The Bertz CT molecular complexity index is 1760. The number of rotatable bonds is 13. The van der Waals surface area contributed by atoms with Crippen LogP contribution in [0.1, 0.15) is 41.9 Å². The molecule has 3 amide bonds. The molecule has 4 aromatic rings. The number of imide groups is 1. The lowest BCUT2D eigenvalue weighted by Gasteiger charge is -2.37. The number of hydrogen-bond acceptors (Lipinski definition) is 9. The van der Waals surface area contributed by atoms with Crippen LogP contribution in [-0.2, 0) is 37.1 Å². The maximum absolute atomic E-state index is 14.3. The molecule has 1 heterocycles. The van der Waals surface area contributed by atoms with Gasteiger partial charge in [-0.3, -0.25) is 14.4 Å². The van der Waals surface area contributed by atoms with Gasteiger partial charge in [0.1, 0.15) is 24.9 Å². The molecule has 2 atom stereocenters. The first-order valence-corrected chi connectivity index (χ1v) is 14.7. The van der Waals surface area contributed by atoms with Crippen LogP contribution in [0.4, 0.5) is 9.59 Å². The predicted octanol–water partition coefficient (Wildman–Crippen LogP) is 4.95. The summed E-state index contributed by atoms with van der Waals surface area (Å²) in [6, 6.07) is 25.1. The summed E-state index contributed by atoms with van der Waals surface area (Å²) in [6.45, 7) is 2.56. The zero-order valence-electron chi connectivity index (χ0n) is 25.7. The number of Topliss-reactive ketones (excluding diaryl/α,β-unsaturated/α-hetero) is 1. The quantitative estimate of drug-likeness (QED) is 0.116. The molecule has 0 aliphatic heterocycles. The lowest BCUT2D eigenvalue weighted by Crippen LogP contribution is -2.66. The van der Waals surface area contributed by atoms with Crippen LogP contribution >= 0.6 is 0 Å². The number of nitrogens with zero attached hydrogens (tertiary/aromatic N) is 2. The summed E-state index contributed by atoms with van der Waals surface area (Å²) in [4.78, 5) is 84.9. The molecule has 0 spiro atoms. The average Bonchev–Trinajstić information content (AvgIpc) is 3.08. The molecule has 0 aliphatic rings. The number of aliphatic carboxylic acids is 1. The van der Waals surface area contributed by atoms with Crippen LogP contribution in [0.2, 0.25) is 0 Å². The topological polar surface area (TPSA) is 169 Å². The third-order valence-electron chi connectivity index (χ3n) is 7.27. The van der Waals surface area contributed by atoms with Crippen molar-refractivity contribution in [2.24, 2.45) is 5.92 Å². The molecule has 4 rings (SSSR count). The van der Waals surface area contributed by atoms with Gasteiger partial charge >= 0.3 is 18.2 Å². The van der Waals surface area contributed by atoms with Gasteiger partial charge in [0.05, 0.1) is 11.9 Å². The minimum atomic E-state index is -2.95. The van der Waals surface area contributed by atoms with E-state index < -0.39 is 53.8 Å². The van der Waals surface area contributed by atoms with Gasteiger partial charge in [-0.2, -0.15) is 0 Å². The van der Waals surface area contributed by atoms with Crippen molar-refractivity contribution in [2.75, 3.05) is 0 Å². The first-order valence-electron chi connectivity index (χ1n) is 14.7. The number of ether oxygens (including phenoxy) is 2. The van der Waals surface area contributed by atoms with E-state index in [0.29, 0.717) is 22.0 Å². The normalized spacial score (nSPS) is 12.7. The first kappa shape index (κ1) is 34.0. The van der Waals surface area contributed by atoms with Gasteiger partial charge in [0.15, 0.2) is 11.8 Å². The summed E-state index contributed by atoms with van der Waals surface area (Å²) in [5.74, 6) is -4.91. The third-order valence-corrected chi connectivity index (χ3v) is 7.27. The number of amides is 3. The Balaban J connectivity index is 1.76. The number of carboxylic acids is 1. The second-order valence-electron chi connectivity index (χ2n) is 11.0. The molecule has 3 aromatic carbocycles. The monoisotopic (exact) mass is 639 g/mol. The average molecular weight is 640 g/mol. The van der Waals surface area contributed by atoms with Gasteiger partial charge in [-0.15, -0.1) is 0 Å². The van der Waals surface area contributed by atoms with Crippen LogP contribution in [0, 0.1) is 5.92 Å². The van der Waals surface area contributed by atoms with Gasteiger partial charge in [-0.1, -0.05) is 98.8 Å². The Hall–Kier alpha value is -5.91. The lowest BCUT2D eigenvalue weighted by atomic mass is 9.86. The highest BCUT2D eigenvalue weighted by Crippen LogP contribution is 2.28. The van der Waals surface area contributed by atoms with Gasteiger partial charge < -0.3 is 24.7 Å². The molecule has 2 N–H and O–H groups in total. The van der Waals surface area contributed by atoms with Gasteiger partial charge in [0.2, 0.25) is 5.78 Å². The Labute approximate surface area is 270 Å². The van der Waals surface area contributed by atoms with Crippen molar-refractivity contribution in [2.45, 2.75) is 45.1 Å². The highest BCUT2D eigenvalue weighted by molar-refractivity contribution is 6.19. The molecule has 0 aliphatic carbocycles. The lowest BCUT2D eigenvalue weighted by molar-refractivity contribution is -0.146. The van der Waals surface area contributed by atoms with Crippen LogP contribution in [0.25, 0.3) is 10.9 Å². The maximum Gasteiger partial charge on any atom is 0.418 e. The fraction of sp³-hybridized carbons (Fsp3) is 0.229. The summed E-state index contributed by atoms with van der Waals surface area (Å²) in [6.07, 6.45) is -3.89. The number of carbonyl (C=O) groups is 6. The smallest absolute Gasteiger partial charge is 0.418 e. The minimum Gasteiger partial charge on any atom is -0.481 e. The number of carboxylic acid groups (broad SMARTS) is 1. The van der Waals surface area contributed by atoms with E-state index in [1.165, 1.54) is 12.1 Å². The molecule has 242 valence electrons. The molecule has 0 saturated carbocycles. The van der Waals surface area contributed by atoms with Crippen molar-refractivity contribution in [1.29, 1.82) is 0 Å². The van der Waals surface area contributed by atoms with E-state index in [-0.39, 0.29) is 30.1 Å². The maximum atomic E-state index is 14.3. The zero-order chi connectivity index (χ0) is 34.0. The fourth-order valence-electron chi connectivity index (χ4n) is 4.83. The number of carbonyl (C=O) groups excluding carboxylic acids is 5. The number of aromatic nitrogens is 1. The highest BCUT2D eigenvalue weighted by Gasteiger charge is 2.54. The number of fused-ring (bicyclic) bond motifs is 1. The molecule has 12 heteroatoms. The summed E-state index contributed by atoms with van der Waals surface area (Å²) < 4.78 is 10.7. The molecule has 0 bridgehead atoms. The molecule has 0 unspecified atom stereocenters. The molecule has 47 heavy (non-hydrogen) atoms. The SMILES string of the molecule is CC(C)[C@H](NC(=O)OCc1ccccc1)C(=O)N(C(=O)OCc1ccccc1)[C@](C=O)(CC(=O)O)C(=O)c1ccc2ccccc2n1. The summed E-state index contributed by atoms with van der Waals surface area (Å²) in [5, 5.41) is 13.0. The molecule has 0 fully saturated rings. The molecular weight excluding hydrogens is 606 g/mol. The molecular formula is C35H33N3O9. The van der Waals surface area contributed by atoms with Crippen LogP contribution in [0.15, 0.2) is 97.1 Å². The summed E-state index contributed by atoms with van der Waals surface area (Å²) >= 11 is 0. The van der Waals surface area contributed by atoms with Crippen LogP contribution < -0.4 is 5.32 Å². The van der Waals surface area contributed by atoms with Crippen molar-refractivity contribution in [3.8, 4) is 0 Å². The minimum absolute atomic E-state index is 0.0763. The van der Waals surface area contributed by atoms with Gasteiger partial charge in [-0.25, -0.2) is 19.5 Å². The van der Waals surface area contributed by atoms with Crippen molar-refractivity contribution in [3.63, 3.8) is 0 Å². The number of nitrogens with one attached hydrogen (secondary N) is 1. The van der Waals surface area contributed by atoms with E-state index in [0.717, 1.165) is 0 Å². The van der Waals surface area contributed by atoms with E-state index in [1.807, 2.05) is 0 Å². The standard InChI is InChI=1S/C35H33N3O9/c1-23(2)30(37-33(44)46-20-24-11-5-3-6-12-24)32(43)38(34(45)47-21-25-13-7-4-8-14-25)35(22-39,19-29(40)41)31(42)28-18-17-26-15-9-10-16-27(26)36-28/h3-18,22-23,30H,19-21H2,1-2H3,(H,37,44)(H,40,41)/t30-,35-/m0/s1. The Morgan fingerprint density at radius 3 is 1.98 bits per heavy atom. The second kappa shape index (κ2) is 15.4. The number of ketones is 1. The number of benzene rings is 3. The van der Waals surface area contributed by atoms with E-state index in [4.69, 9.17) is 9.47 Å². The fourth-order valence-corrected chi connectivity index (χ4v) is 4.83. The van der Waals surface area contributed by atoms with Crippen molar-refractivity contribution >= 4 is 47.0 Å².